The van der Waals surface area contributed by atoms with E-state index in [1.165, 1.54) is 11.8 Å². The summed E-state index contributed by atoms with van der Waals surface area (Å²) < 4.78 is 0. The van der Waals surface area contributed by atoms with Gasteiger partial charge in [0.05, 0.1) is 11.3 Å². The van der Waals surface area contributed by atoms with Crippen LogP contribution < -0.4 is 0 Å². The number of nitrogens with zero attached hydrogens (tertiary/aromatic N) is 2. The van der Waals surface area contributed by atoms with E-state index in [4.69, 9.17) is 5.26 Å². The van der Waals surface area contributed by atoms with Gasteiger partial charge in [-0.25, -0.2) is 4.98 Å². The lowest BCUT2D eigenvalue weighted by molar-refractivity contribution is 1.10. The summed E-state index contributed by atoms with van der Waals surface area (Å²) >= 11 is 1.47. The van der Waals surface area contributed by atoms with Crippen LogP contribution in [0, 0.1) is 11.3 Å². The lowest BCUT2D eigenvalue weighted by Gasteiger charge is -1.99. The molecule has 60 valence electrons. The van der Waals surface area contributed by atoms with Gasteiger partial charge >= 0.3 is 0 Å². The van der Waals surface area contributed by atoms with Crippen molar-refractivity contribution in [2.45, 2.75) is 5.03 Å². The number of pyridine rings is 1. The third-order valence-corrected chi connectivity index (χ3v) is 2.10. The molecule has 0 N–H and O–H groups in total. The van der Waals surface area contributed by atoms with E-state index in [1.807, 2.05) is 6.26 Å². The zero-order valence-electron chi connectivity index (χ0n) is 6.74. The van der Waals surface area contributed by atoms with Crippen molar-refractivity contribution in [3.63, 3.8) is 0 Å². The van der Waals surface area contributed by atoms with Crippen molar-refractivity contribution in [3.05, 3.63) is 30.0 Å². The maximum atomic E-state index is 8.68. The van der Waals surface area contributed by atoms with Crippen molar-refractivity contribution in [2.75, 3.05) is 6.26 Å². The fraction of sp³-hybridized carbons (Fsp3) is 0.111. The third-order valence-electron chi connectivity index (χ3n) is 1.40. The molecule has 1 aromatic heterocycles. The minimum atomic E-state index is 0.619. The highest BCUT2D eigenvalue weighted by molar-refractivity contribution is 7.98. The van der Waals surface area contributed by atoms with Crippen LogP contribution in [0.4, 0.5) is 0 Å². The topological polar surface area (TPSA) is 36.7 Å². The Morgan fingerprint density at radius 1 is 1.67 bits per heavy atom. The van der Waals surface area contributed by atoms with Crippen LogP contribution in [0.5, 0.6) is 0 Å². The predicted octanol–water partition coefficient (Wildman–Crippen LogP) is 2.32. The van der Waals surface area contributed by atoms with Crippen molar-refractivity contribution in [1.82, 2.24) is 4.98 Å². The molecule has 0 aliphatic heterocycles. The molecule has 1 aromatic rings. The van der Waals surface area contributed by atoms with Gasteiger partial charge in [0.2, 0.25) is 0 Å². The smallest absolute Gasteiger partial charge is 0.114 e. The maximum Gasteiger partial charge on any atom is 0.114 e. The lowest BCUT2D eigenvalue weighted by atomic mass is 10.3. The summed E-state index contributed by atoms with van der Waals surface area (Å²) in [4.78, 5) is 4.20. The van der Waals surface area contributed by atoms with E-state index in [1.54, 1.807) is 18.2 Å². The molecule has 0 fully saturated rings. The Kier molecular flexibility index (Phi) is 2.89. The highest BCUT2D eigenvalue weighted by Gasteiger charge is 2.01. The monoisotopic (exact) mass is 176 g/mol. The normalized spacial score (nSPS) is 9.00. The van der Waals surface area contributed by atoms with E-state index in [9.17, 15) is 0 Å². The molecule has 12 heavy (non-hydrogen) atoms. The Balaban J connectivity index is 3.21. The van der Waals surface area contributed by atoms with E-state index < -0.39 is 0 Å². The first-order valence-corrected chi connectivity index (χ1v) is 4.62. The molecule has 1 heterocycles. The van der Waals surface area contributed by atoms with Gasteiger partial charge in [-0.05, 0) is 24.5 Å². The van der Waals surface area contributed by atoms with Crippen LogP contribution in [0.1, 0.15) is 11.3 Å². The molecular weight excluding hydrogens is 168 g/mol. The molecule has 0 atom stereocenters. The largest absolute Gasteiger partial charge is 0.241 e. The van der Waals surface area contributed by atoms with Crippen LogP contribution in [0.2, 0.25) is 0 Å². The summed E-state index contributed by atoms with van der Waals surface area (Å²) in [5.41, 5.74) is 1.42. The Labute approximate surface area is 75.9 Å². The van der Waals surface area contributed by atoms with Gasteiger partial charge in [-0.2, -0.15) is 5.26 Å². The number of hydrogen-bond acceptors (Lipinski definition) is 3. The van der Waals surface area contributed by atoms with Crippen molar-refractivity contribution in [2.24, 2.45) is 0 Å². The molecule has 0 amide bonds. The van der Waals surface area contributed by atoms with Gasteiger partial charge in [0.25, 0.3) is 0 Å². The van der Waals surface area contributed by atoms with E-state index in [0.717, 1.165) is 10.7 Å². The first-order chi connectivity index (χ1) is 5.81. The maximum absolute atomic E-state index is 8.68. The van der Waals surface area contributed by atoms with E-state index >= 15 is 0 Å². The van der Waals surface area contributed by atoms with E-state index in [2.05, 4.69) is 17.6 Å². The molecular formula is C9H8N2S. The second kappa shape index (κ2) is 3.93. The first kappa shape index (κ1) is 8.82. The Hall–Kier alpha value is -1.27. The van der Waals surface area contributed by atoms with Crippen molar-refractivity contribution >= 4 is 17.8 Å². The summed E-state index contributed by atoms with van der Waals surface area (Å²) in [6.45, 7) is 3.61. The summed E-state index contributed by atoms with van der Waals surface area (Å²) in [6, 6.07) is 5.62. The summed E-state index contributed by atoms with van der Waals surface area (Å²) in [6.07, 6.45) is 3.57. The molecule has 0 unspecified atom stereocenters. The molecule has 2 nitrogen and oxygen atoms in total. The summed E-state index contributed by atoms with van der Waals surface area (Å²) in [5.74, 6) is 0. The average Bonchev–Trinajstić information content (AvgIpc) is 2.16. The SMILES string of the molecule is C=Cc1ccc(C#N)c(SC)n1. The van der Waals surface area contributed by atoms with Gasteiger partial charge in [-0.15, -0.1) is 11.8 Å². The van der Waals surface area contributed by atoms with Crippen molar-refractivity contribution in [3.8, 4) is 6.07 Å². The fourth-order valence-electron chi connectivity index (χ4n) is 0.809. The molecule has 0 saturated carbocycles. The Bertz CT molecular complexity index is 339. The Morgan fingerprint density at radius 3 is 2.92 bits per heavy atom. The molecule has 0 bridgehead atoms. The predicted molar refractivity (Wildman–Crippen MR) is 50.8 cm³/mol. The molecule has 0 spiro atoms. The van der Waals surface area contributed by atoms with Gasteiger partial charge in [0.1, 0.15) is 11.1 Å². The molecule has 0 aromatic carbocycles. The highest BCUT2D eigenvalue weighted by Crippen LogP contribution is 2.17. The van der Waals surface area contributed by atoms with Gasteiger partial charge in [0.15, 0.2) is 0 Å². The summed E-state index contributed by atoms with van der Waals surface area (Å²) in [5, 5.41) is 9.44. The van der Waals surface area contributed by atoms with Crippen LogP contribution >= 0.6 is 11.8 Å². The third kappa shape index (κ3) is 1.66. The average molecular weight is 176 g/mol. The molecule has 1 rings (SSSR count). The van der Waals surface area contributed by atoms with Crippen LogP contribution in [0.25, 0.3) is 6.08 Å². The molecule has 0 saturated heterocycles. The van der Waals surface area contributed by atoms with Crippen molar-refractivity contribution < 1.29 is 0 Å². The number of thioether (sulfide) groups is 1. The number of hydrogen-bond donors (Lipinski definition) is 0. The van der Waals surface area contributed by atoms with Crippen molar-refractivity contribution in [1.29, 1.82) is 5.26 Å². The van der Waals surface area contributed by atoms with Gasteiger partial charge in [-0.3, -0.25) is 0 Å². The lowest BCUT2D eigenvalue weighted by Crippen LogP contribution is -1.88. The summed E-state index contributed by atoms with van der Waals surface area (Å²) in [7, 11) is 0. The van der Waals surface area contributed by atoms with Crippen LogP contribution in [-0.2, 0) is 0 Å². The van der Waals surface area contributed by atoms with Gasteiger partial charge < -0.3 is 0 Å². The minimum absolute atomic E-state index is 0.619. The molecule has 0 radical (unpaired) electrons. The van der Waals surface area contributed by atoms with Crippen LogP contribution in [0.3, 0.4) is 0 Å². The molecule has 0 aliphatic carbocycles. The van der Waals surface area contributed by atoms with Gasteiger partial charge in [-0.1, -0.05) is 6.58 Å². The van der Waals surface area contributed by atoms with Crippen LogP contribution in [-0.4, -0.2) is 11.2 Å². The quantitative estimate of drug-likeness (QED) is 0.649. The number of aromatic nitrogens is 1. The Morgan fingerprint density at radius 2 is 2.42 bits per heavy atom. The van der Waals surface area contributed by atoms with E-state index in [-0.39, 0.29) is 0 Å². The van der Waals surface area contributed by atoms with E-state index in [0.29, 0.717) is 5.56 Å². The number of rotatable bonds is 2. The standard InChI is InChI=1S/C9H8N2S/c1-3-8-5-4-7(6-10)9(11-8)12-2/h3-5H,1H2,2H3. The minimum Gasteiger partial charge on any atom is -0.241 e. The zero-order chi connectivity index (χ0) is 8.97. The van der Waals surface area contributed by atoms with Gasteiger partial charge in [0, 0.05) is 0 Å². The second-order valence-corrected chi connectivity index (χ2v) is 2.90. The zero-order valence-corrected chi connectivity index (χ0v) is 7.56. The first-order valence-electron chi connectivity index (χ1n) is 3.39. The fourth-order valence-corrected chi connectivity index (χ4v) is 1.34. The highest BCUT2D eigenvalue weighted by atomic mass is 32.2. The molecule has 3 heteroatoms. The molecule has 0 aliphatic rings. The number of nitriles is 1. The van der Waals surface area contributed by atoms with Crippen LogP contribution in [0.15, 0.2) is 23.7 Å². The second-order valence-electron chi connectivity index (χ2n) is 2.11.